The number of imide groups is 2. The number of rotatable bonds is 10. The molecule has 1 aromatic carbocycles. The highest BCUT2D eigenvalue weighted by Gasteiger charge is 2.45. The highest BCUT2D eigenvalue weighted by molar-refractivity contribution is 6.25. The van der Waals surface area contributed by atoms with E-state index in [9.17, 15) is 19.2 Å². The van der Waals surface area contributed by atoms with Gasteiger partial charge in [-0.2, -0.15) is 0 Å². The second-order valence-corrected chi connectivity index (χ2v) is 6.62. The van der Waals surface area contributed by atoms with E-state index < -0.39 is 29.7 Å². The van der Waals surface area contributed by atoms with Gasteiger partial charge in [-0.25, -0.2) is 0 Å². The highest BCUT2D eigenvalue weighted by Crippen LogP contribution is 2.32. The summed E-state index contributed by atoms with van der Waals surface area (Å²) in [6, 6.07) is 3.94. The maximum absolute atomic E-state index is 12.9. The molecule has 1 saturated heterocycles. The summed E-state index contributed by atoms with van der Waals surface area (Å²) < 4.78 is 10.6. The number of ether oxygens (including phenoxy) is 2. The Bertz CT molecular complexity index is 815. The van der Waals surface area contributed by atoms with Crippen molar-refractivity contribution in [3.05, 3.63) is 29.3 Å². The second kappa shape index (κ2) is 10.8. The van der Waals surface area contributed by atoms with Gasteiger partial charge < -0.3 is 26.7 Å². The van der Waals surface area contributed by atoms with Crippen molar-refractivity contribution in [2.45, 2.75) is 18.9 Å². The van der Waals surface area contributed by atoms with E-state index in [1.807, 2.05) is 0 Å². The molecule has 2 aliphatic heterocycles. The van der Waals surface area contributed by atoms with Crippen LogP contribution in [0.2, 0.25) is 0 Å². The van der Waals surface area contributed by atoms with Crippen LogP contribution in [0.5, 0.6) is 0 Å². The van der Waals surface area contributed by atoms with Crippen molar-refractivity contribution in [3.63, 3.8) is 0 Å². The molecule has 0 aromatic heterocycles. The molecule has 11 heteroatoms. The van der Waals surface area contributed by atoms with E-state index >= 15 is 0 Å². The summed E-state index contributed by atoms with van der Waals surface area (Å²) in [5, 5.41) is 5.28. The van der Waals surface area contributed by atoms with Crippen molar-refractivity contribution in [1.82, 2.24) is 16.4 Å². The molecule has 164 valence electrons. The lowest BCUT2D eigenvalue weighted by Crippen LogP contribution is -2.54. The highest BCUT2D eigenvalue weighted by atomic mass is 16.5. The summed E-state index contributed by atoms with van der Waals surface area (Å²) in [6.45, 7) is 2.63. The summed E-state index contributed by atoms with van der Waals surface area (Å²) in [5.41, 5.74) is 6.29. The van der Waals surface area contributed by atoms with Crippen LogP contribution >= 0.6 is 0 Å². The van der Waals surface area contributed by atoms with Crippen LogP contribution in [-0.4, -0.2) is 74.1 Å². The van der Waals surface area contributed by atoms with Crippen molar-refractivity contribution in [2.75, 3.05) is 44.8 Å². The molecule has 0 radical (unpaired) electrons. The zero-order valence-electron chi connectivity index (χ0n) is 16.6. The van der Waals surface area contributed by atoms with Gasteiger partial charge in [-0.05, 0) is 18.6 Å². The van der Waals surface area contributed by atoms with Crippen molar-refractivity contribution >= 4 is 29.3 Å². The first kappa shape index (κ1) is 23.4. The predicted molar refractivity (Wildman–Crippen MR) is 107 cm³/mol. The summed E-state index contributed by atoms with van der Waals surface area (Å²) in [5.74, 6) is -2.11. The maximum atomic E-state index is 12.9. The first-order valence-corrected chi connectivity index (χ1v) is 9.48. The van der Waals surface area contributed by atoms with Crippen molar-refractivity contribution in [1.29, 1.82) is 0 Å². The summed E-state index contributed by atoms with van der Waals surface area (Å²) in [7, 11) is 0. The van der Waals surface area contributed by atoms with Gasteiger partial charge in [0.05, 0.1) is 37.6 Å². The first-order chi connectivity index (χ1) is 14.0. The molecular weight excluding hydrogens is 394 g/mol. The largest absolute Gasteiger partial charge is 0.382 e. The fourth-order valence-corrected chi connectivity index (χ4v) is 3.33. The van der Waals surface area contributed by atoms with Gasteiger partial charge in [-0.1, -0.05) is 6.07 Å². The number of hydrogen-bond donors (Lipinski definition) is 4. The molecule has 1 aromatic rings. The summed E-state index contributed by atoms with van der Waals surface area (Å²) >= 11 is 0. The molecule has 1 unspecified atom stereocenters. The van der Waals surface area contributed by atoms with Gasteiger partial charge in [-0.3, -0.25) is 29.4 Å². The first-order valence-electron chi connectivity index (χ1n) is 9.48. The fraction of sp³-hybridized carbons (Fsp3) is 0.474. The van der Waals surface area contributed by atoms with Crippen molar-refractivity contribution < 1.29 is 28.7 Å². The molecular formula is C19H27N5O6. The number of hydrogen-bond acceptors (Lipinski definition) is 9. The Labute approximate surface area is 173 Å². The molecule has 3 rings (SSSR count). The van der Waals surface area contributed by atoms with E-state index in [0.717, 1.165) is 4.90 Å². The minimum Gasteiger partial charge on any atom is -0.382 e. The molecule has 1 fully saturated rings. The minimum absolute atomic E-state index is 0. The third-order valence-electron chi connectivity index (χ3n) is 4.66. The van der Waals surface area contributed by atoms with Gasteiger partial charge in [0, 0.05) is 25.2 Å². The topological polar surface area (TPSA) is 175 Å². The van der Waals surface area contributed by atoms with Crippen LogP contribution < -0.4 is 22.5 Å². The summed E-state index contributed by atoms with van der Waals surface area (Å²) in [6.07, 6.45) is 0.209. The van der Waals surface area contributed by atoms with Crippen LogP contribution in [0.25, 0.3) is 0 Å². The molecule has 2 heterocycles. The van der Waals surface area contributed by atoms with Gasteiger partial charge in [-0.15, -0.1) is 0 Å². The Balaban J connectivity index is 0.00000320. The van der Waals surface area contributed by atoms with Crippen LogP contribution in [0.15, 0.2) is 18.2 Å². The van der Waals surface area contributed by atoms with E-state index in [0.29, 0.717) is 45.2 Å². The molecule has 0 bridgehead atoms. The standard InChI is InChI=1S/C19H24N4O6.H3N/c20-6-8-28-10-11-29-9-7-21-13-3-1-2-12-16(13)19(27)23(18(12)26)14-4-5-15(24)22-17(14)25;/h1-3,14,21H,4-11,20H2,(H,22,24,25);1H3. The Kier molecular flexibility index (Phi) is 8.42. The number of fused-ring (bicyclic) bond motifs is 1. The lowest BCUT2D eigenvalue weighted by Gasteiger charge is -2.27. The van der Waals surface area contributed by atoms with Crippen LogP contribution in [0.4, 0.5) is 5.69 Å². The zero-order chi connectivity index (χ0) is 20.8. The van der Waals surface area contributed by atoms with Crippen molar-refractivity contribution in [3.8, 4) is 0 Å². The Morgan fingerprint density at radius 2 is 1.80 bits per heavy atom. The molecule has 0 saturated carbocycles. The lowest BCUT2D eigenvalue weighted by atomic mass is 10.0. The predicted octanol–water partition coefficient (Wildman–Crippen LogP) is -0.346. The number of carbonyl (C=O) groups is 4. The number of anilines is 1. The number of carbonyl (C=O) groups excluding carboxylic acids is 4. The average molecular weight is 421 g/mol. The fourth-order valence-electron chi connectivity index (χ4n) is 3.33. The quantitative estimate of drug-likeness (QED) is 0.291. The van der Waals surface area contributed by atoms with Crippen LogP contribution in [0.1, 0.15) is 33.6 Å². The number of nitrogens with two attached hydrogens (primary N) is 1. The molecule has 7 N–H and O–H groups in total. The summed E-state index contributed by atoms with van der Waals surface area (Å²) in [4.78, 5) is 50.1. The second-order valence-electron chi connectivity index (χ2n) is 6.62. The monoisotopic (exact) mass is 421 g/mol. The van der Waals surface area contributed by atoms with E-state index in [1.54, 1.807) is 18.2 Å². The smallest absolute Gasteiger partial charge is 0.264 e. The molecule has 4 amide bonds. The van der Waals surface area contributed by atoms with E-state index in [2.05, 4.69) is 10.6 Å². The number of benzene rings is 1. The maximum Gasteiger partial charge on any atom is 0.264 e. The van der Waals surface area contributed by atoms with Crippen LogP contribution in [0, 0.1) is 0 Å². The van der Waals surface area contributed by atoms with Gasteiger partial charge in [0.25, 0.3) is 11.8 Å². The molecule has 2 aliphatic rings. The Morgan fingerprint density at radius 3 is 2.50 bits per heavy atom. The van der Waals surface area contributed by atoms with E-state index in [1.165, 1.54) is 0 Å². The normalized spacial score (nSPS) is 18.2. The molecule has 0 spiro atoms. The molecule has 0 aliphatic carbocycles. The lowest BCUT2D eigenvalue weighted by molar-refractivity contribution is -0.136. The zero-order valence-corrected chi connectivity index (χ0v) is 16.6. The third-order valence-corrected chi connectivity index (χ3v) is 4.66. The van der Waals surface area contributed by atoms with Crippen molar-refractivity contribution in [2.24, 2.45) is 5.73 Å². The SMILES string of the molecule is N.NCCOCCOCCNc1cccc2c1C(=O)N(C1CCC(=O)NC1=O)C2=O. The Morgan fingerprint density at radius 1 is 1.07 bits per heavy atom. The average Bonchev–Trinajstić information content (AvgIpc) is 2.95. The Hall–Kier alpha value is -2.86. The number of piperidine rings is 1. The number of amides is 4. The minimum atomic E-state index is -0.982. The third kappa shape index (κ3) is 5.00. The number of nitrogens with zero attached hydrogens (tertiary/aromatic N) is 1. The molecule has 11 nitrogen and oxygen atoms in total. The van der Waals surface area contributed by atoms with Gasteiger partial charge in [0.15, 0.2) is 0 Å². The van der Waals surface area contributed by atoms with Crippen LogP contribution in [0.3, 0.4) is 0 Å². The van der Waals surface area contributed by atoms with E-state index in [-0.39, 0.29) is 30.1 Å². The molecule has 30 heavy (non-hydrogen) atoms. The van der Waals surface area contributed by atoms with E-state index in [4.69, 9.17) is 15.2 Å². The number of nitrogens with one attached hydrogen (secondary N) is 2. The van der Waals surface area contributed by atoms with Gasteiger partial charge in [0.1, 0.15) is 6.04 Å². The van der Waals surface area contributed by atoms with Gasteiger partial charge in [0.2, 0.25) is 11.8 Å². The van der Waals surface area contributed by atoms with Gasteiger partial charge >= 0.3 is 0 Å². The van der Waals surface area contributed by atoms with Crippen LogP contribution in [-0.2, 0) is 19.1 Å². The molecule has 1 atom stereocenters.